The smallest absolute Gasteiger partial charge is 0.328 e. The van der Waals surface area contributed by atoms with E-state index in [4.69, 9.17) is 5.11 Å². The van der Waals surface area contributed by atoms with E-state index < -0.39 is 5.97 Å². The standard InChI is InChI=1S/C14H14BrNO2/c15-12-10-11(5-7-14(17)18)4-6-13(12)16-8-2-1-3-9-16/h1-2,4-7,10H,3,8-9H2,(H,17,18)/b7-5+. The molecule has 2 rings (SSSR count). The van der Waals surface area contributed by atoms with Crippen molar-refractivity contribution in [3.63, 3.8) is 0 Å². The molecular formula is C14H14BrNO2. The number of carboxylic acids is 1. The van der Waals surface area contributed by atoms with Crippen LogP contribution < -0.4 is 4.90 Å². The van der Waals surface area contributed by atoms with Crippen LogP contribution in [-0.4, -0.2) is 24.2 Å². The number of nitrogens with zero attached hydrogens (tertiary/aromatic N) is 1. The number of hydrogen-bond acceptors (Lipinski definition) is 2. The molecule has 0 saturated heterocycles. The highest BCUT2D eigenvalue weighted by Crippen LogP contribution is 2.28. The molecule has 18 heavy (non-hydrogen) atoms. The first-order chi connectivity index (χ1) is 8.66. The summed E-state index contributed by atoms with van der Waals surface area (Å²) >= 11 is 3.54. The fraction of sp³-hybridized carbons (Fsp3) is 0.214. The summed E-state index contributed by atoms with van der Waals surface area (Å²) in [5.41, 5.74) is 2.02. The predicted octanol–water partition coefficient (Wildman–Crippen LogP) is 3.31. The lowest BCUT2D eigenvalue weighted by atomic mass is 10.1. The molecule has 4 heteroatoms. The largest absolute Gasteiger partial charge is 0.478 e. The Hall–Kier alpha value is -1.55. The van der Waals surface area contributed by atoms with E-state index in [-0.39, 0.29) is 0 Å². The van der Waals surface area contributed by atoms with E-state index in [1.807, 2.05) is 18.2 Å². The first-order valence-corrected chi connectivity index (χ1v) is 6.56. The van der Waals surface area contributed by atoms with Gasteiger partial charge in [-0.3, -0.25) is 0 Å². The van der Waals surface area contributed by atoms with Crippen molar-refractivity contribution in [2.45, 2.75) is 6.42 Å². The van der Waals surface area contributed by atoms with Crippen molar-refractivity contribution in [1.29, 1.82) is 0 Å². The molecule has 94 valence electrons. The molecule has 0 bridgehead atoms. The highest BCUT2D eigenvalue weighted by molar-refractivity contribution is 9.10. The summed E-state index contributed by atoms with van der Waals surface area (Å²) in [6, 6.07) is 5.88. The number of hydrogen-bond donors (Lipinski definition) is 1. The average molecular weight is 308 g/mol. The van der Waals surface area contributed by atoms with Gasteiger partial charge in [0.25, 0.3) is 0 Å². The second-order valence-corrected chi connectivity index (χ2v) is 4.94. The number of halogens is 1. The molecular weight excluding hydrogens is 294 g/mol. The van der Waals surface area contributed by atoms with Crippen molar-refractivity contribution in [2.24, 2.45) is 0 Å². The Balaban J connectivity index is 2.19. The lowest BCUT2D eigenvalue weighted by Crippen LogP contribution is -2.26. The highest BCUT2D eigenvalue weighted by Gasteiger charge is 2.10. The van der Waals surface area contributed by atoms with E-state index in [2.05, 4.69) is 33.0 Å². The second kappa shape index (κ2) is 5.87. The molecule has 0 spiro atoms. The Bertz CT molecular complexity index is 509. The van der Waals surface area contributed by atoms with Crippen LogP contribution in [0, 0.1) is 0 Å². The van der Waals surface area contributed by atoms with Crippen LogP contribution in [0.5, 0.6) is 0 Å². The van der Waals surface area contributed by atoms with Crippen LogP contribution in [-0.2, 0) is 4.79 Å². The van der Waals surface area contributed by atoms with Gasteiger partial charge in [0.2, 0.25) is 0 Å². The van der Waals surface area contributed by atoms with Gasteiger partial charge in [-0.2, -0.15) is 0 Å². The van der Waals surface area contributed by atoms with E-state index in [9.17, 15) is 4.79 Å². The Kier molecular flexibility index (Phi) is 4.20. The van der Waals surface area contributed by atoms with Gasteiger partial charge in [0.1, 0.15) is 0 Å². The summed E-state index contributed by atoms with van der Waals surface area (Å²) in [4.78, 5) is 12.7. The fourth-order valence-corrected chi connectivity index (χ4v) is 2.56. The molecule has 0 radical (unpaired) electrons. The van der Waals surface area contributed by atoms with Crippen LogP contribution in [0.4, 0.5) is 5.69 Å². The second-order valence-electron chi connectivity index (χ2n) is 4.09. The minimum Gasteiger partial charge on any atom is -0.478 e. The molecule has 0 unspecified atom stereocenters. The first-order valence-electron chi connectivity index (χ1n) is 5.77. The van der Waals surface area contributed by atoms with Crippen LogP contribution in [0.2, 0.25) is 0 Å². The zero-order chi connectivity index (χ0) is 13.0. The van der Waals surface area contributed by atoms with E-state index in [0.29, 0.717) is 0 Å². The van der Waals surface area contributed by atoms with Crippen LogP contribution in [0.15, 0.2) is 40.9 Å². The molecule has 0 amide bonds. The van der Waals surface area contributed by atoms with Gasteiger partial charge >= 0.3 is 5.97 Å². The Morgan fingerprint density at radius 3 is 2.83 bits per heavy atom. The molecule has 1 aliphatic heterocycles. The van der Waals surface area contributed by atoms with Crippen molar-refractivity contribution in [1.82, 2.24) is 0 Å². The van der Waals surface area contributed by atoms with E-state index in [1.54, 1.807) is 6.08 Å². The Morgan fingerprint density at radius 2 is 2.22 bits per heavy atom. The van der Waals surface area contributed by atoms with Gasteiger partial charge in [-0.05, 0) is 46.1 Å². The van der Waals surface area contributed by atoms with Crippen LogP contribution in [0.3, 0.4) is 0 Å². The summed E-state index contributed by atoms with van der Waals surface area (Å²) in [5.74, 6) is -0.934. The van der Waals surface area contributed by atoms with Crippen molar-refractivity contribution in [3.8, 4) is 0 Å². The zero-order valence-electron chi connectivity index (χ0n) is 9.84. The van der Waals surface area contributed by atoms with Gasteiger partial charge in [-0.1, -0.05) is 18.2 Å². The molecule has 1 N–H and O–H groups in total. The molecule has 0 aromatic heterocycles. The molecule has 1 heterocycles. The summed E-state index contributed by atoms with van der Waals surface area (Å²) in [6.45, 7) is 1.93. The predicted molar refractivity (Wildman–Crippen MR) is 76.8 cm³/mol. The van der Waals surface area contributed by atoms with Crippen LogP contribution in [0.25, 0.3) is 6.08 Å². The summed E-state index contributed by atoms with van der Waals surface area (Å²) in [5, 5.41) is 8.59. The van der Waals surface area contributed by atoms with Crippen LogP contribution >= 0.6 is 15.9 Å². The maximum Gasteiger partial charge on any atom is 0.328 e. The molecule has 0 fully saturated rings. The minimum atomic E-state index is -0.934. The molecule has 1 aromatic carbocycles. The molecule has 3 nitrogen and oxygen atoms in total. The van der Waals surface area contributed by atoms with Crippen LogP contribution in [0.1, 0.15) is 12.0 Å². The number of carboxylic acid groups (broad SMARTS) is 1. The third-order valence-corrected chi connectivity index (χ3v) is 3.42. The SMILES string of the molecule is O=C(O)/C=C/c1ccc(N2CC=CCC2)c(Br)c1. The Labute approximate surface area is 115 Å². The molecule has 0 atom stereocenters. The van der Waals surface area contributed by atoms with Gasteiger partial charge in [0.15, 0.2) is 0 Å². The highest BCUT2D eigenvalue weighted by atomic mass is 79.9. The Morgan fingerprint density at radius 1 is 1.39 bits per heavy atom. The van der Waals surface area contributed by atoms with Crippen molar-refractivity contribution >= 4 is 33.7 Å². The molecule has 1 aromatic rings. The van der Waals surface area contributed by atoms with Gasteiger partial charge in [-0.25, -0.2) is 4.79 Å². The van der Waals surface area contributed by atoms with Gasteiger partial charge in [-0.15, -0.1) is 0 Å². The number of anilines is 1. The van der Waals surface area contributed by atoms with E-state index in [0.717, 1.165) is 41.3 Å². The average Bonchev–Trinajstić information content (AvgIpc) is 2.37. The number of rotatable bonds is 3. The van der Waals surface area contributed by atoms with Gasteiger partial charge in [0.05, 0.1) is 5.69 Å². The maximum atomic E-state index is 10.5. The van der Waals surface area contributed by atoms with Gasteiger partial charge < -0.3 is 10.0 Å². The topological polar surface area (TPSA) is 40.5 Å². The summed E-state index contributed by atoms with van der Waals surface area (Å²) in [7, 11) is 0. The molecule has 1 aliphatic rings. The third-order valence-electron chi connectivity index (χ3n) is 2.79. The number of benzene rings is 1. The molecule has 0 aliphatic carbocycles. The van der Waals surface area contributed by atoms with Gasteiger partial charge in [0, 0.05) is 23.6 Å². The lowest BCUT2D eigenvalue weighted by Gasteiger charge is -2.26. The third kappa shape index (κ3) is 3.23. The van der Waals surface area contributed by atoms with Crippen molar-refractivity contribution in [2.75, 3.05) is 18.0 Å². The monoisotopic (exact) mass is 307 g/mol. The first kappa shape index (κ1) is 12.9. The number of carbonyl (C=O) groups is 1. The minimum absolute atomic E-state index is 0.876. The fourth-order valence-electron chi connectivity index (χ4n) is 1.91. The van der Waals surface area contributed by atoms with E-state index in [1.165, 1.54) is 0 Å². The van der Waals surface area contributed by atoms with E-state index >= 15 is 0 Å². The summed E-state index contributed by atoms with van der Waals surface area (Å²) < 4.78 is 0.991. The normalized spacial score (nSPS) is 15.3. The quantitative estimate of drug-likeness (QED) is 0.688. The number of aliphatic carboxylic acids is 1. The maximum absolute atomic E-state index is 10.5. The zero-order valence-corrected chi connectivity index (χ0v) is 11.4. The lowest BCUT2D eigenvalue weighted by molar-refractivity contribution is -0.131. The molecule has 0 saturated carbocycles. The summed E-state index contributed by atoms with van der Waals surface area (Å²) in [6.07, 6.45) is 8.15. The van der Waals surface area contributed by atoms with Crippen molar-refractivity contribution < 1.29 is 9.90 Å². The van der Waals surface area contributed by atoms with Crippen molar-refractivity contribution in [3.05, 3.63) is 46.5 Å².